The van der Waals surface area contributed by atoms with E-state index in [2.05, 4.69) is 20.3 Å². The Morgan fingerprint density at radius 1 is 1.11 bits per heavy atom. The van der Waals surface area contributed by atoms with E-state index in [1.807, 2.05) is 0 Å². The van der Waals surface area contributed by atoms with Crippen LogP contribution < -0.4 is 11.1 Å². The van der Waals surface area contributed by atoms with E-state index < -0.39 is 5.41 Å². The molecule has 1 aliphatic carbocycles. The predicted octanol–water partition coefficient (Wildman–Crippen LogP) is 2.16. The molecule has 2 amide bonds. The molecule has 8 nitrogen and oxygen atoms in total. The van der Waals surface area contributed by atoms with E-state index >= 15 is 0 Å². The smallest absolute Gasteiger partial charge is 0.236 e. The van der Waals surface area contributed by atoms with Crippen molar-refractivity contribution < 1.29 is 14.0 Å². The van der Waals surface area contributed by atoms with Gasteiger partial charge < -0.3 is 11.1 Å². The number of carbonyl (C=O) groups is 2. The first-order valence-electron chi connectivity index (χ1n) is 8.83. The van der Waals surface area contributed by atoms with E-state index in [0.29, 0.717) is 5.69 Å². The maximum atomic E-state index is 13.0. The van der Waals surface area contributed by atoms with Crippen molar-refractivity contribution in [1.82, 2.24) is 19.9 Å². The third-order valence-electron chi connectivity index (χ3n) is 5.15. The Kier molecular flexibility index (Phi) is 4.21. The molecule has 2 fully saturated rings. The molecule has 0 radical (unpaired) electrons. The van der Waals surface area contributed by atoms with E-state index in [9.17, 15) is 14.0 Å². The number of likely N-dealkylation sites (tertiary alicyclic amines) is 1. The van der Waals surface area contributed by atoms with Gasteiger partial charge in [-0.2, -0.15) is 15.0 Å². The van der Waals surface area contributed by atoms with Crippen molar-refractivity contribution >= 4 is 29.4 Å². The highest BCUT2D eigenvalue weighted by Crippen LogP contribution is 2.47. The van der Waals surface area contributed by atoms with Crippen LogP contribution >= 0.6 is 0 Å². The molecule has 2 aliphatic rings. The highest BCUT2D eigenvalue weighted by Gasteiger charge is 2.52. The summed E-state index contributed by atoms with van der Waals surface area (Å²) in [5.74, 6) is -0.337. The number of aromatic nitrogens is 3. The lowest BCUT2D eigenvalue weighted by Crippen LogP contribution is -2.34. The van der Waals surface area contributed by atoms with Crippen molar-refractivity contribution in [3.63, 3.8) is 0 Å². The van der Waals surface area contributed by atoms with Gasteiger partial charge in [-0.25, -0.2) is 4.39 Å². The van der Waals surface area contributed by atoms with Gasteiger partial charge in [-0.15, -0.1) is 0 Å². The van der Waals surface area contributed by atoms with Gasteiger partial charge in [-0.1, -0.05) is 12.8 Å². The quantitative estimate of drug-likeness (QED) is 0.793. The number of nitrogens with one attached hydrogen (secondary N) is 1. The Morgan fingerprint density at radius 2 is 1.81 bits per heavy atom. The molecule has 27 heavy (non-hydrogen) atoms. The lowest BCUT2D eigenvalue weighted by Gasteiger charge is -2.20. The molecule has 2 aromatic rings. The van der Waals surface area contributed by atoms with Crippen LogP contribution in [0.15, 0.2) is 24.3 Å². The van der Waals surface area contributed by atoms with Crippen LogP contribution in [0.3, 0.4) is 0 Å². The topological polar surface area (TPSA) is 114 Å². The lowest BCUT2D eigenvalue weighted by atomic mass is 9.84. The first-order valence-corrected chi connectivity index (χ1v) is 8.83. The molecule has 1 saturated heterocycles. The molecule has 1 aliphatic heterocycles. The fraction of sp³-hybridized carbons (Fsp3) is 0.389. The van der Waals surface area contributed by atoms with Gasteiger partial charge in [-0.05, 0) is 37.1 Å². The minimum absolute atomic E-state index is 0.0284. The summed E-state index contributed by atoms with van der Waals surface area (Å²) >= 11 is 0. The van der Waals surface area contributed by atoms with Gasteiger partial charge in [0.15, 0.2) is 5.82 Å². The van der Waals surface area contributed by atoms with Crippen LogP contribution in [-0.4, -0.2) is 31.7 Å². The van der Waals surface area contributed by atoms with Crippen LogP contribution in [0.25, 0.3) is 0 Å². The normalized spacial score (nSPS) is 18.5. The molecule has 0 unspecified atom stereocenters. The Bertz CT molecular complexity index is 895. The molecule has 1 spiro atoms. The molecular weight excluding hydrogens is 351 g/mol. The van der Waals surface area contributed by atoms with E-state index in [1.54, 1.807) is 0 Å². The number of anilines is 3. The van der Waals surface area contributed by atoms with E-state index in [0.717, 1.165) is 25.7 Å². The Hall–Kier alpha value is -3.10. The summed E-state index contributed by atoms with van der Waals surface area (Å²) in [5, 5.41) is 2.91. The van der Waals surface area contributed by atoms with Crippen molar-refractivity contribution in [3.05, 3.63) is 35.9 Å². The SMILES string of the molecule is Nc1nc(CN2C(=O)CC3(CCCC3)C2=O)nc(Nc2ccc(F)cc2)n1. The summed E-state index contributed by atoms with van der Waals surface area (Å²) in [6.45, 7) is -0.0375. The molecule has 4 rings (SSSR count). The van der Waals surface area contributed by atoms with Crippen molar-refractivity contribution in [2.75, 3.05) is 11.1 Å². The van der Waals surface area contributed by atoms with Crippen molar-refractivity contribution in [3.8, 4) is 0 Å². The number of halogens is 1. The number of nitrogens with zero attached hydrogens (tertiary/aromatic N) is 4. The summed E-state index contributed by atoms with van der Waals surface area (Å²) in [6.07, 6.45) is 3.71. The van der Waals surface area contributed by atoms with Gasteiger partial charge in [0.1, 0.15) is 5.82 Å². The molecule has 1 aromatic heterocycles. The van der Waals surface area contributed by atoms with Crippen molar-refractivity contribution in [2.45, 2.75) is 38.6 Å². The fourth-order valence-corrected chi connectivity index (χ4v) is 3.83. The van der Waals surface area contributed by atoms with E-state index in [-0.39, 0.29) is 48.3 Å². The second kappa shape index (κ2) is 6.57. The minimum atomic E-state index is -0.537. The second-order valence-corrected chi connectivity index (χ2v) is 7.01. The zero-order valence-electron chi connectivity index (χ0n) is 14.6. The fourth-order valence-electron chi connectivity index (χ4n) is 3.83. The Balaban J connectivity index is 1.54. The standard InChI is InChI=1S/C18H19FN6O2/c19-11-3-5-12(6-4-11)21-17-23-13(22-16(20)24-17)10-25-14(26)9-18(15(25)27)7-1-2-8-18/h3-6H,1-2,7-10H2,(H3,20,21,22,23,24). The summed E-state index contributed by atoms with van der Waals surface area (Å²) in [7, 11) is 0. The molecule has 0 atom stereocenters. The van der Waals surface area contributed by atoms with Gasteiger partial charge >= 0.3 is 0 Å². The van der Waals surface area contributed by atoms with Gasteiger partial charge in [0.05, 0.1) is 12.0 Å². The maximum absolute atomic E-state index is 13.0. The third kappa shape index (κ3) is 3.32. The molecule has 0 bridgehead atoms. The second-order valence-electron chi connectivity index (χ2n) is 7.01. The monoisotopic (exact) mass is 370 g/mol. The molecule has 1 aromatic carbocycles. The molecule has 140 valence electrons. The minimum Gasteiger partial charge on any atom is -0.368 e. The highest BCUT2D eigenvalue weighted by atomic mass is 19.1. The molecular formula is C18H19FN6O2. The average Bonchev–Trinajstić information content (AvgIpc) is 3.18. The zero-order chi connectivity index (χ0) is 19.0. The lowest BCUT2D eigenvalue weighted by molar-refractivity contribution is -0.142. The van der Waals surface area contributed by atoms with E-state index in [4.69, 9.17) is 5.73 Å². The van der Waals surface area contributed by atoms with Crippen molar-refractivity contribution in [1.29, 1.82) is 0 Å². The van der Waals surface area contributed by atoms with Crippen LogP contribution in [0.4, 0.5) is 22.0 Å². The van der Waals surface area contributed by atoms with Gasteiger partial charge in [0.25, 0.3) is 0 Å². The number of imide groups is 1. The van der Waals surface area contributed by atoms with Crippen LogP contribution in [0, 0.1) is 11.2 Å². The highest BCUT2D eigenvalue weighted by molar-refractivity contribution is 6.05. The van der Waals surface area contributed by atoms with Crippen LogP contribution in [0.2, 0.25) is 0 Å². The summed E-state index contributed by atoms with van der Waals surface area (Å²) in [6, 6.07) is 5.67. The number of benzene rings is 1. The first kappa shape index (κ1) is 17.3. The number of amides is 2. The van der Waals surface area contributed by atoms with Crippen LogP contribution in [0.1, 0.15) is 37.9 Å². The maximum Gasteiger partial charge on any atom is 0.236 e. The van der Waals surface area contributed by atoms with Gasteiger partial charge in [0.2, 0.25) is 23.7 Å². The van der Waals surface area contributed by atoms with Crippen LogP contribution in [-0.2, 0) is 16.1 Å². The third-order valence-corrected chi connectivity index (χ3v) is 5.15. The van der Waals surface area contributed by atoms with Crippen molar-refractivity contribution in [2.24, 2.45) is 5.41 Å². The Morgan fingerprint density at radius 3 is 2.52 bits per heavy atom. The number of hydrogen-bond acceptors (Lipinski definition) is 7. The Labute approximate surface area is 155 Å². The number of nitrogens with two attached hydrogens (primary N) is 1. The molecule has 9 heteroatoms. The summed E-state index contributed by atoms with van der Waals surface area (Å²) in [5.41, 5.74) is 5.78. The van der Waals surface area contributed by atoms with Gasteiger partial charge in [0, 0.05) is 12.1 Å². The largest absolute Gasteiger partial charge is 0.368 e. The summed E-state index contributed by atoms with van der Waals surface area (Å²) in [4.78, 5) is 38.7. The molecule has 1 saturated carbocycles. The van der Waals surface area contributed by atoms with E-state index in [1.165, 1.54) is 29.2 Å². The molecule has 3 N–H and O–H groups in total. The average molecular weight is 370 g/mol. The number of hydrogen-bond donors (Lipinski definition) is 2. The number of rotatable bonds is 4. The van der Waals surface area contributed by atoms with Crippen LogP contribution in [0.5, 0.6) is 0 Å². The first-order chi connectivity index (χ1) is 12.9. The zero-order valence-corrected chi connectivity index (χ0v) is 14.6. The van der Waals surface area contributed by atoms with Gasteiger partial charge in [-0.3, -0.25) is 14.5 Å². The summed E-state index contributed by atoms with van der Waals surface area (Å²) < 4.78 is 13.0. The predicted molar refractivity (Wildman–Crippen MR) is 95.0 cm³/mol. The molecule has 2 heterocycles. The number of carbonyl (C=O) groups excluding carboxylic acids is 2. The number of nitrogen functional groups attached to an aromatic ring is 1.